The molecule has 0 bridgehead atoms. The number of allylic oxidation sites excluding steroid dienone is 19. The van der Waals surface area contributed by atoms with Crippen molar-refractivity contribution in [2.45, 2.75) is 303 Å². The molecule has 0 aliphatic rings. The number of hydrogen-bond donors (Lipinski definition) is 2. The van der Waals surface area contributed by atoms with Crippen molar-refractivity contribution in [2.75, 3.05) is 40.9 Å². The molecule has 0 aromatic carbocycles. The predicted molar refractivity (Wildman–Crippen MR) is 369 cm³/mol. The Hall–Kier alpha value is -3.59. The summed E-state index contributed by atoms with van der Waals surface area (Å²) in [5.74, 6) is -0.528. The zero-order valence-corrected chi connectivity index (χ0v) is 56.7. The summed E-state index contributed by atoms with van der Waals surface area (Å²) in [6, 6.07) is -0.865. The molecule has 0 rings (SSSR count). The molecule has 0 fully saturated rings. The van der Waals surface area contributed by atoms with Crippen LogP contribution in [0.2, 0.25) is 0 Å². The fraction of sp³-hybridized carbons (Fsp3) is 0.707. The van der Waals surface area contributed by atoms with Crippen LogP contribution in [0.3, 0.4) is 0 Å². The maximum absolute atomic E-state index is 13.6. The molecule has 0 aromatic rings. The first-order valence-corrected chi connectivity index (χ1v) is 36.4. The molecule has 10 heteroatoms. The first kappa shape index (κ1) is 81.4. The Morgan fingerprint density at radius 3 is 1.15 bits per heavy atom. The van der Waals surface area contributed by atoms with Gasteiger partial charge >= 0.3 is 13.8 Å². The fourth-order valence-corrected chi connectivity index (χ4v) is 10.3. The Labute approximate surface area is 524 Å². The number of amides is 1. The van der Waals surface area contributed by atoms with Crippen LogP contribution in [-0.4, -0.2) is 74.3 Å². The molecular formula is C75H132N2O7P+. The van der Waals surface area contributed by atoms with E-state index in [4.69, 9.17) is 13.8 Å². The van der Waals surface area contributed by atoms with Crippen molar-refractivity contribution in [3.8, 4) is 0 Å². The van der Waals surface area contributed by atoms with Gasteiger partial charge in [-0.05, 0) is 122 Å². The smallest absolute Gasteiger partial charge is 0.456 e. The van der Waals surface area contributed by atoms with Gasteiger partial charge in [0, 0.05) is 12.8 Å². The summed E-state index contributed by atoms with van der Waals surface area (Å²) < 4.78 is 30.8. The summed E-state index contributed by atoms with van der Waals surface area (Å²) >= 11 is 0. The SMILES string of the molecule is CC/C=C\C/C=C\C/C=C\C/C=C\C/C=C\CCCCCCCCCC(=O)OC(/C=C/CCCCCCCCCCC)C(COP(=O)(O)OCC[N+](C)(C)C)NC(=O)CCCCCCCCCCC/C=C\C/C=C\C/C=C\C/C=C\CCCCC. The van der Waals surface area contributed by atoms with Crippen LogP contribution in [0.5, 0.6) is 0 Å². The number of ether oxygens (including phenoxy) is 1. The summed E-state index contributed by atoms with van der Waals surface area (Å²) in [6.07, 6.45) is 89.2. The Bertz CT molecular complexity index is 1870. The summed E-state index contributed by atoms with van der Waals surface area (Å²) in [4.78, 5) is 37.9. The number of hydrogen-bond acceptors (Lipinski definition) is 6. The molecule has 3 unspecified atom stereocenters. The molecule has 3 atom stereocenters. The monoisotopic (exact) mass is 1200 g/mol. The number of carbonyl (C=O) groups excluding carboxylic acids is 2. The third-order valence-corrected chi connectivity index (χ3v) is 15.9. The quantitative estimate of drug-likeness (QED) is 0.0205. The number of likely N-dealkylation sites (N-methyl/N-ethyl adjacent to an activating group) is 1. The van der Waals surface area contributed by atoms with Crippen LogP contribution >= 0.6 is 7.82 Å². The molecule has 0 radical (unpaired) electrons. The highest BCUT2D eigenvalue weighted by Crippen LogP contribution is 2.43. The Kier molecular flexibility index (Phi) is 60.8. The van der Waals surface area contributed by atoms with Crippen molar-refractivity contribution in [3.63, 3.8) is 0 Å². The van der Waals surface area contributed by atoms with Gasteiger partial charge in [0.2, 0.25) is 5.91 Å². The first-order valence-electron chi connectivity index (χ1n) is 34.9. The highest BCUT2D eigenvalue weighted by atomic mass is 31.2. The van der Waals surface area contributed by atoms with Crippen LogP contribution in [-0.2, 0) is 27.9 Å². The average Bonchev–Trinajstić information content (AvgIpc) is 3.62. The van der Waals surface area contributed by atoms with Crippen molar-refractivity contribution >= 4 is 19.7 Å². The molecule has 0 saturated carbocycles. The molecule has 0 aliphatic carbocycles. The minimum atomic E-state index is -4.47. The molecule has 0 aromatic heterocycles. The van der Waals surface area contributed by atoms with Crippen LogP contribution in [0.15, 0.2) is 122 Å². The number of quaternary nitrogens is 1. The molecule has 9 nitrogen and oxygen atoms in total. The average molecular weight is 1200 g/mol. The number of esters is 1. The highest BCUT2D eigenvalue weighted by Gasteiger charge is 2.30. The van der Waals surface area contributed by atoms with Crippen molar-refractivity contribution < 1.29 is 37.3 Å². The minimum Gasteiger partial charge on any atom is -0.456 e. The van der Waals surface area contributed by atoms with Crippen molar-refractivity contribution in [1.82, 2.24) is 5.32 Å². The zero-order chi connectivity index (χ0) is 62.1. The fourth-order valence-electron chi connectivity index (χ4n) is 9.54. The summed E-state index contributed by atoms with van der Waals surface area (Å²) in [6.45, 7) is 6.86. The number of nitrogens with one attached hydrogen (secondary N) is 1. The van der Waals surface area contributed by atoms with Crippen molar-refractivity contribution in [1.29, 1.82) is 0 Å². The van der Waals surface area contributed by atoms with Crippen molar-refractivity contribution in [3.05, 3.63) is 122 Å². The normalized spacial score (nSPS) is 14.3. The lowest BCUT2D eigenvalue weighted by Crippen LogP contribution is -2.47. The Morgan fingerprint density at radius 1 is 0.424 bits per heavy atom. The van der Waals surface area contributed by atoms with Crippen LogP contribution in [0.4, 0.5) is 0 Å². The van der Waals surface area contributed by atoms with Gasteiger partial charge in [-0.1, -0.05) is 277 Å². The van der Waals surface area contributed by atoms with Gasteiger partial charge in [0.15, 0.2) is 0 Å². The van der Waals surface area contributed by atoms with Crippen LogP contribution in [0, 0.1) is 0 Å². The van der Waals surface area contributed by atoms with E-state index in [2.05, 4.69) is 135 Å². The number of unbranched alkanes of at least 4 members (excludes halogenated alkanes) is 28. The zero-order valence-electron chi connectivity index (χ0n) is 55.8. The van der Waals surface area contributed by atoms with Gasteiger partial charge in [0.1, 0.15) is 19.3 Å². The Balaban J connectivity index is 5.11. The lowest BCUT2D eigenvalue weighted by Gasteiger charge is -2.27. The van der Waals surface area contributed by atoms with E-state index in [9.17, 15) is 19.0 Å². The first-order chi connectivity index (χ1) is 41.4. The van der Waals surface area contributed by atoms with E-state index in [-0.39, 0.29) is 31.5 Å². The Morgan fingerprint density at radius 2 is 0.753 bits per heavy atom. The van der Waals surface area contributed by atoms with Gasteiger partial charge in [-0.15, -0.1) is 0 Å². The summed E-state index contributed by atoms with van der Waals surface area (Å²) in [5.41, 5.74) is 0. The maximum Gasteiger partial charge on any atom is 0.472 e. The molecule has 2 N–H and O–H groups in total. The molecular weight excluding hydrogens is 1070 g/mol. The topological polar surface area (TPSA) is 111 Å². The van der Waals surface area contributed by atoms with Gasteiger partial charge in [0.05, 0.1) is 33.8 Å². The highest BCUT2D eigenvalue weighted by molar-refractivity contribution is 7.47. The standard InChI is InChI=1S/C75H131N2O7P/c1-7-10-13-16-19-22-25-27-29-31-33-35-37-38-40-41-43-45-47-49-52-55-58-61-64-67-74(78)76-72(71-83-85(80,81)82-70-69-77(4,5)6)73(66-63-60-57-54-51-24-21-18-15-12-9-3)84-75(79)68-65-62-59-56-53-50-48-46-44-42-39-36-34-32-30-28-26-23-20-17-14-11-8-2/h11,14,19-20,22-23,27-30,33-36,38,40,42,44,63,66,72-73H,7-10,12-13,15-18,21,24-26,31-32,37,39,41,43,45-62,64-65,67-71H2,1-6H3,(H-,76,78,80,81)/p+1/b14-11-,22-19-,23-20-,29-27-,30-28-,35-33-,36-34-,40-38-,44-42-,66-63+. The van der Waals surface area contributed by atoms with E-state index in [1.807, 2.05) is 33.3 Å². The molecule has 0 saturated heterocycles. The largest absolute Gasteiger partial charge is 0.472 e. The van der Waals surface area contributed by atoms with Gasteiger partial charge in [-0.25, -0.2) is 4.57 Å². The lowest BCUT2D eigenvalue weighted by molar-refractivity contribution is -0.870. The van der Waals surface area contributed by atoms with E-state index >= 15 is 0 Å². The number of nitrogens with zero attached hydrogens (tertiary/aromatic N) is 1. The second-order valence-corrected chi connectivity index (χ2v) is 25.8. The van der Waals surface area contributed by atoms with Crippen molar-refractivity contribution in [2.24, 2.45) is 0 Å². The van der Waals surface area contributed by atoms with E-state index in [1.165, 1.54) is 122 Å². The predicted octanol–water partition coefficient (Wildman–Crippen LogP) is 22.2. The van der Waals surface area contributed by atoms with E-state index in [0.29, 0.717) is 17.4 Å². The maximum atomic E-state index is 13.6. The third kappa shape index (κ3) is 64.7. The number of rotatable bonds is 62. The molecule has 0 aliphatic heterocycles. The van der Waals surface area contributed by atoms with E-state index < -0.39 is 20.0 Å². The second-order valence-electron chi connectivity index (χ2n) is 24.3. The number of phosphoric acid groups is 1. The number of carbonyl (C=O) groups is 2. The van der Waals surface area contributed by atoms with E-state index in [0.717, 1.165) is 135 Å². The van der Waals surface area contributed by atoms with Crippen LogP contribution in [0.1, 0.15) is 290 Å². The number of phosphoric ester groups is 1. The van der Waals surface area contributed by atoms with Crippen LogP contribution in [0.25, 0.3) is 0 Å². The van der Waals surface area contributed by atoms with Gasteiger partial charge in [-0.2, -0.15) is 0 Å². The minimum absolute atomic E-state index is 0.0310. The van der Waals surface area contributed by atoms with E-state index in [1.54, 1.807) is 0 Å². The second kappa shape index (κ2) is 63.4. The molecule has 488 valence electrons. The van der Waals surface area contributed by atoms with Gasteiger partial charge in [-0.3, -0.25) is 18.6 Å². The lowest BCUT2D eigenvalue weighted by atomic mass is 10.0. The van der Waals surface area contributed by atoms with Crippen LogP contribution < -0.4 is 5.32 Å². The summed E-state index contributed by atoms with van der Waals surface area (Å²) in [5, 5.41) is 3.06. The summed E-state index contributed by atoms with van der Waals surface area (Å²) in [7, 11) is 1.47. The molecule has 85 heavy (non-hydrogen) atoms. The molecule has 0 heterocycles. The molecule has 1 amide bonds. The van der Waals surface area contributed by atoms with Gasteiger partial charge < -0.3 is 19.4 Å². The van der Waals surface area contributed by atoms with Gasteiger partial charge in [0.25, 0.3) is 0 Å². The third-order valence-electron chi connectivity index (χ3n) is 14.9. The molecule has 0 spiro atoms.